The molecule has 0 aromatic heterocycles. The molecule has 0 unspecified atom stereocenters. The van der Waals surface area contributed by atoms with Crippen LogP contribution in [0.5, 0.6) is 11.5 Å². The Morgan fingerprint density at radius 2 is 1.88 bits per heavy atom. The molecule has 1 heterocycles. The van der Waals surface area contributed by atoms with Crippen LogP contribution in [0.25, 0.3) is 0 Å². The SMILES string of the molecule is COc1ccc(OC)c(N2C[C@H](C(=O)O[C@H](CCCl)C(=O)c3ccc(F)cc3)CC2=O)c1. The van der Waals surface area contributed by atoms with Crippen molar-refractivity contribution in [3.8, 4) is 11.5 Å². The topological polar surface area (TPSA) is 82.1 Å². The predicted molar refractivity (Wildman–Crippen MR) is 116 cm³/mol. The first-order valence-electron chi connectivity index (χ1n) is 9.96. The quantitative estimate of drug-likeness (QED) is 0.321. The van der Waals surface area contributed by atoms with Gasteiger partial charge in [-0.05, 0) is 36.4 Å². The van der Waals surface area contributed by atoms with Gasteiger partial charge in [0.15, 0.2) is 6.10 Å². The predicted octanol–water partition coefficient (Wildman–Crippen LogP) is 3.62. The zero-order valence-corrected chi connectivity index (χ0v) is 18.4. The molecule has 0 radical (unpaired) electrons. The highest BCUT2D eigenvalue weighted by Gasteiger charge is 2.39. The van der Waals surface area contributed by atoms with E-state index in [1.165, 1.54) is 31.3 Å². The van der Waals surface area contributed by atoms with Gasteiger partial charge in [-0.2, -0.15) is 0 Å². The number of esters is 1. The lowest BCUT2D eigenvalue weighted by Crippen LogP contribution is -2.32. The van der Waals surface area contributed by atoms with Gasteiger partial charge in [-0.15, -0.1) is 11.6 Å². The van der Waals surface area contributed by atoms with Crippen molar-refractivity contribution >= 4 is 34.9 Å². The number of halogens is 2. The molecule has 1 aliphatic heterocycles. The van der Waals surface area contributed by atoms with E-state index in [4.69, 9.17) is 25.8 Å². The lowest BCUT2D eigenvalue weighted by atomic mass is 10.0. The molecule has 2 aromatic carbocycles. The van der Waals surface area contributed by atoms with Crippen molar-refractivity contribution in [1.82, 2.24) is 0 Å². The first-order chi connectivity index (χ1) is 15.4. The Balaban J connectivity index is 1.74. The second kappa shape index (κ2) is 10.5. The van der Waals surface area contributed by atoms with E-state index >= 15 is 0 Å². The molecule has 3 rings (SSSR count). The third kappa shape index (κ3) is 5.19. The lowest BCUT2D eigenvalue weighted by Gasteiger charge is -2.21. The molecule has 9 heteroatoms. The Morgan fingerprint density at radius 3 is 2.50 bits per heavy atom. The number of nitrogens with zero attached hydrogens (tertiary/aromatic N) is 1. The molecule has 1 saturated heterocycles. The van der Waals surface area contributed by atoms with Crippen LogP contribution in [-0.2, 0) is 14.3 Å². The largest absolute Gasteiger partial charge is 0.497 e. The zero-order chi connectivity index (χ0) is 23.3. The Kier molecular flexibility index (Phi) is 7.69. The van der Waals surface area contributed by atoms with E-state index in [0.717, 1.165) is 12.1 Å². The molecule has 1 aliphatic rings. The van der Waals surface area contributed by atoms with Gasteiger partial charge in [0.25, 0.3) is 0 Å². The number of hydrogen-bond donors (Lipinski definition) is 0. The fraction of sp³-hybridized carbons (Fsp3) is 0.348. The third-order valence-electron chi connectivity index (χ3n) is 5.19. The molecule has 32 heavy (non-hydrogen) atoms. The summed E-state index contributed by atoms with van der Waals surface area (Å²) in [6.07, 6.45) is -1.10. The maximum absolute atomic E-state index is 13.2. The van der Waals surface area contributed by atoms with Crippen LogP contribution in [0, 0.1) is 11.7 Å². The van der Waals surface area contributed by atoms with Gasteiger partial charge in [-0.25, -0.2) is 4.39 Å². The average molecular weight is 464 g/mol. The summed E-state index contributed by atoms with van der Waals surface area (Å²) in [6.45, 7) is 0.0690. The molecule has 0 aliphatic carbocycles. The summed E-state index contributed by atoms with van der Waals surface area (Å²) in [4.78, 5) is 39.6. The first kappa shape index (κ1) is 23.5. The van der Waals surface area contributed by atoms with Crippen molar-refractivity contribution in [2.24, 2.45) is 5.92 Å². The summed E-state index contributed by atoms with van der Waals surface area (Å²) in [7, 11) is 2.99. The maximum atomic E-state index is 13.2. The average Bonchev–Trinajstić information content (AvgIpc) is 3.19. The zero-order valence-electron chi connectivity index (χ0n) is 17.7. The van der Waals surface area contributed by atoms with Gasteiger partial charge in [0.05, 0.1) is 25.8 Å². The van der Waals surface area contributed by atoms with Crippen LogP contribution in [0.3, 0.4) is 0 Å². The highest BCUT2D eigenvalue weighted by molar-refractivity contribution is 6.18. The number of benzene rings is 2. The molecule has 0 bridgehead atoms. The standard InChI is InChI=1S/C23H23ClFNO6/c1-30-17-7-8-19(31-2)18(12-17)26-13-15(11-21(26)27)23(29)32-20(9-10-24)22(28)14-3-5-16(25)6-4-14/h3-8,12,15,20H,9-11,13H2,1-2H3/t15-,20-/m1/s1. The van der Waals surface area contributed by atoms with E-state index in [9.17, 15) is 18.8 Å². The minimum Gasteiger partial charge on any atom is -0.497 e. The van der Waals surface area contributed by atoms with Gasteiger partial charge in [0, 0.05) is 36.9 Å². The highest BCUT2D eigenvalue weighted by Crippen LogP contribution is 2.36. The number of Topliss-reactive ketones (excluding diaryl/α,β-unsaturated/α-hetero) is 1. The number of carbonyl (C=O) groups is 3. The number of hydrogen-bond acceptors (Lipinski definition) is 6. The van der Waals surface area contributed by atoms with E-state index in [-0.39, 0.29) is 36.7 Å². The molecule has 1 fully saturated rings. The van der Waals surface area contributed by atoms with Crippen molar-refractivity contribution in [3.63, 3.8) is 0 Å². The van der Waals surface area contributed by atoms with E-state index in [1.54, 1.807) is 18.2 Å². The first-order valence-corrected chi connectivity index (χ1v) is 10.5. The van der Waals surface area contributed by atoms with Crippen LogP contribution in [-0.4, -0.2) is 50.4 Å². The van der Waals surface area contributed by atoms with E-state index in [1.807, 2.05) is 0 Å². The van der Waals surface area contributed by atoms with Crippen molar-refractivity contribution < 1.29 is 33.0 Å². The molecular weight excluding hydrogens is 441 g/mol. The van der Waals surface area contributed by atoms with E-state index < -0.39 is 29.6 Å². The summed E-state index contributed by atoms with van der Waals surface area (Å²) < 4.78 is 29.2. The number of anilines is 1. The number of ketones is 1. The van der Waals surface area contributed by atoms with Crippen LogP contribution < -0.4 is 14.4 Å². The van der Waals surface area contributed by atoms with Crippen molar-refractivity contribution in [2.75, 3.05) is 31.5 Å². The summed E-state index contributed by atoms with van der Waals surface area (Å²) in [5.41, 5.74) is 0.686. The van der Waals surface area contributed by atoms with Crippen molar-refractivity contribution in [1.29, 1.82) is 0 Å². The fourth-order valence-electron chi connectivity index (χ4n) is 3.49. The van der Waals surface area contributed by atoms with Gasteiger partial charge in [0.2, 0.25) is 11.7 Å². The Bertz CT molecular complexity index is 996. The number of methoxy groups -OCH3 is 2. The number of amides is 1. The van der Waals surface area contributed by atoms with E-state index in [0.29, 0.717) is 17.2 Å². The van der Waals surface area contributed by atoms with Gasteiger partial charge in [-0.1, -0.05) is 0 Å². The monoisotopic (exact) mass is 463 g/mol. The van der Waals surface area contributed by atoms with Crippen LogP contribution in [0.2, 0.25) is 0 Å². The van der Waals surface area contributed by atoms with Crippen molar-refractivity contribution in [2.45, 2.75) is 18.9 Å². The second-order valence-corrected chi connectivity index (χ2v) is 7.60. The lowest BCUT2D eigenvalue weighted by molar-refractivity contribution is -0.151. The molecule has 2 atom stereocenters. The molecule has 1 amide bonds. The van der Waals surface area contributed by atoms with Gasteiger partial charge < -0.3 is 19.1 Å². The maximum Gasteiger partial charge on any atom is 0.312 e. The number of rotatable bonds is 9. The Morgan fingerprint density at radius 1 is 1.16 bits per heavy atom. The minimum absolute atomic E-state index is 0.0690. The molecule has 170 valence electrons. The Hall–Kier alpha value is -3.13. The normalized spacial score (nSPS) is 16.6. The minimum atomic E-state index is -1.12. The van der Waals surface area contributed by atoms with Gasteiger partial charge in [0.1, 0.15) is 17.3 Å². The second-order valence-electron chi connectivity index (χ2n) is 7.22. The van der Waals surface area contributed by atoms with Gasteiger partial charge >= 0.3 is 5.97 Å². The molecule has 2 aromatic rings. The number of ether oxygens (including phenoxy) is 3. The summed E-state index contributed by atoms with van der Waals surface area (Å²) in [5, 5.41) is 0. The summed E-state index contributed by atoms with van der Waals surface area (Å²) in [6, 6.07) is 9.98. The van der Waals surface area contributed by atoms with Crippen molar-refractivity contribution in [3.05, 3.63) is 53.8 Å². The number of alkyl halides is 1. The van der Waals surface area contributed by atoms with Crippen LogP contribution in [0.15, 0.2) is 42.5 Å². The fourth-order valence-corrected chi connectivity index (χ4v) is 3.68. The summed E-state index contributed by atoms with van der Waals surface area (Å²) >= 11 is 5.79. The molecule has 7 nitrogen and oxygen atoms in total. The molecule has 0 N–H and O–H groups in total. The Labute approximate surface area is 190 Å². The number of carbonyl (C=O) groups excluding carboxylic acids is 3. The molecule has 0 spiro atoms. The summed E-state index contributed by atoms with van der Waals surface area (Å²) in [5.74, 6) is -1.60. The highest BCUT2D eigenvalue weighted by atomic mass is 35.5. The molecule has 0 saturated carbocycles. The van der Waals surface area contributed by atoms with Gasteiger partial charge in [-0.3, -0.25) is 14.4 Å². The third-order valence-corrected chi connectivity index (χ3v) is 5.40. The smallest absolute Gasteiger partial charge is 0.312 e. The molecular formula is C23H23ClFNO6. The van der Waals surface area contributed by atoms with Crippen LogP contribution in [0.4, 0.5) is 10.1 Å². The van der Waals surface area contributed by atoms with Crippen LogP contribution in [0.1, 0.15) is 23.2 Å². The van der Waals surface area contributed by atoms with E-state index in [2.05, 4.69) is 0 Å². The van der Waals surface area contributed by atoms with Crippen LogP contribution >= 0.6 is 11.6 Å².